The molecule has 3 aromatic rings. The number of nitrogens with zero attached hydrogens (tertiary/aromatic N) is 3. The number of benzene rings is 1. The fourth-order valence-corrected chi connectivity index (χ4v) is 2.69. The van der Waals surface area contributed by atoms with Crippen LogP contribution in [0.4, 0.5) is 5.69 Å². The van der Waals surface area contributed by atoms with E-state index in [0.29, 0.717) is 0 Å². The second-order valence-corrected chi connectivity index (χ2v) is 5.56. The molecule has 0 spiro atoms. The lowest BCUT2D eigenvalue weighted by Gasteiger charge is -2.13. The van der Waals surface area contributed by atoms with E-state index in [1.807, 2.05) is 28.5 Å². The first kappa shape index (κ1) is 12.9. The summed E-state index contributed by atoms with van der Waals surface area (Å²) < 4.78 is 1.92. The summed E-state index contributed by atoms with van der Waals surface area (Å²) in [6.45, 7) is 2.92. The Hall–Kier alpha value is -2.14. The summed E-state index contributed by atoms with van der Waals surface area (Å²) in [7, 11) is 0. The summed E-state index contributed by atoms with van der Waals surface area (Å²) in [6, 6.07) is 10.6. The molecule has 1 N–H and O–H groups in total. The van der Waals surface area contributed by atoms with Gasteiger partial charge in [-0.05, 0) is 30.7 Å². The lowest BCUT2D eigenvalue weighted by atomic mass is 10.2. The third-order valence-corrected chi connectivity index (χ3v) is 4.02. The van der Waals surface area contributed by atoms with Crippen molar-refractivity contribution in [1.82, 2.24) is 14.8 Å². The number of anilines is 1. The van der Waals surface area contributed by atoms with Crippen molar-refractivity contribution in [2.24, 2.45) is 0 Å². The molecule has 102 valence electrons. The minimum Gasteiger partial charge on any atom is -0.376 e. The number of hydrogen-bond donors (Lipinski definition) is 1. The first-order valence-electron chi connectivity index (χ1n) is 6.53. The van der Waals surface area contributed by atoms with Gasteiger partial charge in [0.2, 0.25) is 0 Å². The molecule has 0 radical (unpaired) electrons. The maximum absolute atomic E-state index is 4.32. The molecule has 0 amide bonds. The van der Waals surface area contributed by atoms with Gasteiger partial charge in [0, 0.05) is 29.7 Å². The Morgan fingerprint density at radius 2 is 2.10 bits per heavy atom. The van der Waals surface area contributed by atoms with E-state index in [9.17, 15) is 0 Å². The van der Waals surface area contributed by atoms with E-state index in [1.54, 1.807) is 17.5 Å². The second-order valence-electron chi connectivity index (χ2n) is 4.64. The molecule has 0 saturated heterocycles. The highest BCUT2D eigenvalue weighted by molar-refractivity contribution is 7.09. The lowest BCUT2D eigenvalue weighted by molar-refractivity contribution is 0.687. The number of nitrogens with one attached hydrogen (secondary N) is 1. The smallest absolute Gasteiger partial charge is 0.115 e. The molecule has 3 rings (SSSR count). The highest BCUT2D eigenvalue weighted by Crippen LogP contribution is 2.21. The van der Waals surface area contributed by atoms with Gasteiger partial charge in [0.25, 0.3) is 0 Å². The molecular formula is C15H16N4S. The van der Waals surface area contributed by atoms with E-state index in [4.69, 9.17) is 0 Å². The maximum atomic E-state index is 4.32. The Balaban J connectivity index is 1.64. The third kappa shape index (κ3) is 3.05. The normalized spacial score (nSPS) is 12.2. The van der Waals surface area contributed by atoms with Crippen LogP contribution in [-0.4, -0.2) is 14.8 Å². The van der Waals surface area contributed by atoms with Gasteiger partial charge in [-0.25, -0.2) is 4.98 Å². The van der Waals surface area contributed by atoms with E-state index < -0.39 is 0 Å². The lowest BCUT2D eigenvalue weighted by Crippen LogP contribution is -2.06. The van der Waals surface area contributed by atoms with Gasteiger partial charge < -0.3 is 5.32 Å². The molecule has 0 aliphatic rings. The van der Waals surface area contributed by atoms with Crippen molar-refractivity contribution in [3.05, 3.63) is 64.9 Å². The Bertz CT molecular complexity index is 629. The van der Waals surface area contributed by atoms with Crippen LogP contribution >= 0.6 is 11.3 Å². The van der Waals surface area contributed by atoms with Crippen molar-refractivity contribution in [3.63, 3.8) is 0 Å². The van der Waals surface area contributed by atoms with Crippen LogP contribution in [0.1, 0.15) is 23.5 Å². The maximum Gasteiger partial charge on any atom is 0.115 e. The van der Waals surface area contributed by atoms with Crippen molar-refractivity contribution in [2.75, 3.05) is 5.32 Å². The number of hydrogen-bond acceptors (Lipinski definition) is 4. The van der Waals surface area contributed by atoms with Crippen LogP contribution in [0.5, 0.6) is 0 Å². The summed E-state index contributed by atoms with van der Waals surface area (Å²) >= 11 is 1.67. The summed E-state index contributed by atoms with van der Waals surface area (Å²) in [6.07, 6.45) is 5.60. The average molecular weight is 284 g/mol. The summed E-state index contributed by atoms with van der Waals surface area (Å²) in [4.78, 5) is 4.32. The SMILES string of the molecule is CC(Nc1ccc(Cn2cccn2)cc1)c1nccs1. The molecule has 5 heteroatoms. The van der Waals surface area contributed by atoms with Crippen molar-refractivity contribution in [2.45, 2.75) is 19.5 Å². The summed E-state index contributed by atoms with van der Waals surface area (Å²) in [5.74, 6) is 0. The first-order chi connectivity index (χ1) is 9.81. The van der Waals surface area contributed by atoms with E-state index in [0.717, 1.165) is 17.2 Å². The summed E-state index contributed by atoms with van der Waals surface area (Å²) in [5.41, 5.74) is 2.35. The largest absolute Gasteiger partial charge is 0.376 e. The van der Waals surface area contributed by atoms with E-state index in [-0.39, 0.29) is 6.04 Å². The molecule has 1 atom stereocenters. The molecule has 2 heterocycles. The van der Waals surface area contributed by atoms with Crippen molar-refractivity contribution in [3.8, 4) is 0 Å². The Kier molecular flexibility index (Phi) is 3.78. The van der Waals surface area contributed by atoms with Gasteiger partial charge in [-0.2, -0.15) is 5.10 Å². The van der Waals surface area contributed by atoms with E-state index in [1.165, 1.54) is 5.56 Å². The minimum absolute atomic E-state index is 0.229. The van der Waals surface area contributed by atoms with Gasteiger partial charge in [-0.1, -0.05) is 12.1 Å². The summed E-state index contributed by atoms with van der Waals surface area (Å²) in [5, 5.41) is 10.8. The van der Waals surface area contributed by atoms with Gasteiger partial charge in [-0.15, -0.1) is 11.3 Å². The molecule has 2 aromatic heterocycles. The predicted molar refractivity (Wildman–Crippen MR) is 81.9 cm³/mol. The number of thiazole rings is 1. The van der Waals surface area contributed by atoms with E-state index in [2.05, 4.69) is 46.6 Å². The van der Waals surface area contributed by atoms with Gasteiger partial charge >= 0.3 is 0 Å². The van der Waals surface area contributed by atoms with Gasteiger partial charge in [0.15, 0.2) is 0 Å². The monoisotopic (exact) mass is 284 g/mol. The fraction of sp³-hybridized carbons (Fsp3) is 0.200. The molecule has 0 aliphatic heterocycles. The topological polar surface area (TPSA) is 42.7 Å². The van der Waals surface area contributed by atoms with Crippen LogP contribution in [0.25, 0.3) is 0 Å². The van der Waals surface area contributed by atoms with Crippen molar-refractivity contribution in [1.29, 1.82) is 0 Å². The first-order valence-corrected chi connectivity index (χ1v) is 7.41. The zero-order valence-corrected chi connectivity index (χ0v) is 12.0. The minimum atomic E-state index is 0.229. The van der Waals surface area contributed by atoms with Gasteiger partial charge in [0.1, 0.15) is 5.01 Å². The molecule has 1 unspecified atom stereocenters. The molecule has 0 fully saturated rings. The van der Waals surface area contributed by atoms with Crippen molar-refractivity contribution >= 4 is 17.0 Å². The molecule has 20 heavy (non-hydrogen) atoms. The quantitative estimate of drug-likeness (QED) is 0.779. The van der Waals surface area contributed by atoms with Crippen molar-refractivity contribution < 1.29 is 0 Å². The molecular weight excluding hydrogens is 268 g/mol. The standard InChI is InChI=1S/C15H16N4S/c1-12(15-16-8-10-20-15)18-14-5-3-13(4-6-14)11-19-9-2-7-17-19/h2-10,12,18H,11H2,1H3. The second kappa shape index (κ2) is 5.88. The van der Waals surface area contributed by atoms with Crippen LogP contribution in [0.2, 0.25) is 0 Å². The zero-order chi connectivity index (χ0) is 13.8. The van der Waals surface area contributed by atoms with Gasteiger partial charge in [0.05, 0.1) is 12.6 Å². The van der Waals surface area contributed by atoms with Crippen LogP contribution in [0, 0.1) is 0 Å². The highest BCUT2D eigenvalue weighted by Gasteiger charge is 2.07. The Morgan fingerprint density at radius 3 is 2.75 bits per heavy atom. The molecule has 1 aromatic carbocycles. The van der Waals surface area contributed by atoms with Crippen LogP contribution in [-0.2, 0) is 6.54 Å². The number of aromatic nitrogens is 3. The third-order valence-electron chi connectivity index (χ3n) is 3.06. The molecule has 0 bridgehead atoms. The van der Waals surface area contributed by atoms with E-state index >= 15 is 0 Å². The van der Waals surface area contributed by atoms with Crippen LogP contribution < -0.4 is 5.32 Å². The zero-order valence-electron chi connectivity index (χ0n) is 11.2. The highest BCUT2D eigenvalue weighted by atomic mass is 32.1. The van der Waals surface area contributed by atoms with Gasteiger partial charge in [-0.3, -0.25) is 4.68 Å². The molecule has 0 aliphatic carbocycles. The Morgan fingerprint density at radius 1 is 1.25 bits per heavy atom. The average Bonchev–Trinajstić information content (AvgIpc) is 3.13. The fourth-order valence-electron chi connectivity index (χ4n) is 2.05. The predicted octanol–water partition coefficient (Wildman–Crippen LogP) is 3.56. The molecule has 0 saturated carbocycles. The number of rotatable bonds is 5. The molecule has 4 nitrogen and oxygen atoms in total. The van der Waals surface area contributed by atoms with Crippen LogP contribution in [0.15, 0.2) is 54.3 Å². The van der Waals surface area contributed by atoms with Crippen LogP contribution in [0.3, 0.4) is 0 Å². The Labute approximate surface area is 122 Å².